The molecule has 24 heavy (non-hydrogen) atoms. The molecule has 1 fully saturated rings. The maximum atomic E-state index is 11.9. The molecule has 1 aliphatic rings. The summed E-state index contributed by atoms with van der Waals surface area (Å²) in [6, 6.07) is 11.8. The van der Waals surface area contributed by atoms with Crippen LogP contribution in [0.1, 0.15) is 24.2 Å². The molecule has 3 rings (SSSR count). The lowest BCUT2D eigenvalue weighted by Crippen LogP contribution is -2.21. The van der Waals surface area contributed by atoms with Gasteiger partial charge in [0.25, 0.3) is 0 Å². The number of furan rings is 1. The summed E-state index contributed by atoms with van der Waals surface area (Å²) in [7, 11) is 0. The molecule has 126 valence electrons. The molecule has 0 bridgehead atoms. The average molecular weight is 436 g/mol. The van der Waals surface area contributed by atoms with Crippen molar-refractivity contribution in [2.24, 2.45) is 0 Å². The average Bonchev–Trinajstić information content (AvgIpc) is 3.24. The quantitative estimate of drug-likeness (QED) is 0.546. The molecule has 0 atom stereocenters. The summed E-state index contributed by atoms with van der Waals surface area (Å²) >= 11 is 2.09. The minimum absolute atomic E-state index is 0.161. The lowest BCUT2D eigenvalue weighted by molar-refractivity contribution is -0.111. The van der Waals surface area contributed by atoms with E-state index in [4.69, 9.17) is 4.42 Å². The van der Waals surface area contributed by atoms with Crippen molar-refractivity contribution in [1.29, 1.82) is 0 Å². The third-order valence-corrected chi connectivity index (χ3v) is 4.71. The monoisotopic (exact) mass is 436 g/mol. The number of amides is 1. The molecule has 4 nitrogen and oxygen atoms in total. The van der Waals surface area contributed by atoms with Crippen LogP contribution in [-0.2, 0) is 11.2 Å². The number of hydrogen-bond donors (Lipinski definition) is 1. The van der Waals surface area contributed by atoms with Crippen LogP contribution in [-0.4, -0.2) is 30.4 Å². The van der Waals surface area contributed by atoms with Crippen LogP contribution < -0.4 is 5.32 Å². The van der Waals surface area contributed by atoms with E-state index in [9.17, 15) is 4.79 Å². The number of nitrogens with one attached hydrogen (secondary N) is 1. The first-order chi connectivity index (χ1) is 11.7. The van der Waals surface area contributed by atoms with E-state index in [1.165, 1.54) is 37.6 Å². The number of anilines is 1. The summed E-state index contributed by atoms with van der Waals surface area (Å²) in [5.74, 6) is 0.512. The number of halogens is 1. The van der Waals surface area contributed by atoms with Crippen molar-refractivity contribution in [3.05, 3.63) is 57.6 Å². The summed E-state index contributed by atoms with van der Waals surface area (Å²) in [6.45, 7) is 3.58. The van der Waals surface area contributed by atoms with Crippen LogP contribution in [0.3, 0.4) is 0 Å². The van der Waals surface area contributed by atoms with Crippen molar-refractivity contribution in [3.8, 4) is 0 Å². The van der Waals surface area contributed by atoms with Crippen LogP contribution in [0.5, 0.6) is 0 Å². The van der Waals surface area contributed by atoms with Gasteiger partial charge < -0.3 is 14.6 Å². The maximum Gasteiger partial charge on any atom is 0.248 e. The van der Waals surface area contributed by atoms with E-state index in [0.29, 0.717) is 5.76 Å². The molecular formula is C19H21IN2O2. The predicted octanol–water partition coefficient (Wildman–Crippen LogP) is 4.17. The second kappa shape index (κ2) is 8.48. The van der Waals surface area contributed by atoms with Gasteiger partial charge in [0.2, 0.25) is 5.91 Å². The normalized spacial score (nSPS) is 15.2. The summed E-state index contributed by atoms with van der Waals surface area (Å²) < 4.78 is 6.19. The van der Waals surface area contributed by atoms with Crippen LogP contribution in [0, 0.1) is 3.77 Å². The molecule has 1 aliphatic heterocycles. The Morgan fingerprint density at radius 2 is 1.92 bits per heavy atom. The van der Waals surface area contributed by atoms with Crippen LogP contribution in [0.15, 0.2) is 46.9 Å². The van der Waals surface area contributed by atoms with Crippen molar-refractivity contribution >= 4 is 40.3 Å². The van der Waals surface area contributed by atoms with Gasteiger partial charge in [0.05, 0.1) is 0 Å². The fourth-order valence-corrected chi connectivity index (χ4v) is 3.24. The Hall–Kier alpha value is -1.60. The smallest absolute Gasteiger partial charge is 0.248 e. The molecule has 2 heterocycles. The highest BCUT2D eigenvalue weighted by Crippen LogP contribution is 2.14. The summed E-state index contributed by atoms with van der Waals surface area (Å²) in [6.07, 6.45) is 6.87. The van der Waals surface area contributed by atoms with Gasteiger partial charge in [-0.1, -0.05) is 12.1 Å². The first kappa shape index (κ1) is 17.2. The van der Waals surface area contributed by atoms with Gasteiger partial charge >= 0.3 is 0 Å². The van der Waals surface area contributed by atoms with Gasteiger partial charge in [0.1, 0.15) is 5.76 Å². The summed E-state index contributed by atoms with van der Waals surface area (Å²) in [5, 5.41) is 2.86. The van der Waals surface area contributed by atoms with Gasteiger partial charge in [-0.15, -0.1) is 0 Å². The lowest BCUT2D eigenvalue weighted by Gasteiger charge is -2.14. The number of hydrogen-bond acceptors (Lipinski definition) is 3. The van der Waals surface area contributed by atoms with Gasteiger partial charge in [0, 0.05) is 18.3 Å². The predicted molar refractivity (Wildman–Crippen MR) is 105 cm³/mol. The zero-order valence-electron chi connectivity index (χ0n) is 13.5. The van der Waals surface area contributed by atoms with Gasteiger partial charge in [-0.2, -0.15) is 0 Å². The summed E-state index contributed by atoms with van der Waals surface area (Å²) in [4.78, 5) is 14.4. The Kier molecular flexibility index (Phi) is 6.09. The third-order valence-electron chi connectivity index (χ3n) is 4.13. The molecule has 1 saturated heterocycles. The molecule has 1 N–H and O–H groups in total. The highest BCUT2D eigenvalue weighted by atomic mass is 127. The molecule has 0 saturated carbocycles. The molecule has 2 aromatic rings. The Morgan fingerprint density at radius 1 is 1.17 bits per heavy atom. The van der Waals surface area contributed by atoms with E-state index >= 15 is 0 Å². The van der Waals surface area contributed by atoms with E-state index in [-0.39, 0.29) is 5.91 Å². The van der Waals surface area contributed by atoms with Crippen molar-refractivity contribution in [3.63, 3.8) is 0 Å². The standard InChI is InChI=1S/C19H21IN2O2/c20-18-9-7-17(24-18)8-10-19(23)21-16-5-3-15(4-6-16)11-14-22-12-1-2-13-22/h3-10H,1-2,11-14H2,(H,21,23). The van der Waals surface area contributed by atoms with E-state index in [1.807, 2.05) is 24.3 Å². The molecular weight excluding hydrogens is 415 g/mol. The minimum atomic E-state index is -0.161. The molecule has 0 spiro atoms. The van der Waals surface area contributed by atoms with Crippen LogP contribution in [0.25, 0.3) is 6.08 Å². The third kappa shape index (κ3) is 5.21. The van der Waals surface area contributed by atoms with Gasteiger partial charge in [-0.25, -0.2) is 0 Å². The molecule has 1 amide bonds. The fourth-order valence-electron chi connectivity index (χ4n) is 2.81. The Labute approximate surface area is 156 Å². The zero-order chi connectivity index (χ0) is 16.8. The van der Waals surface area contributed by atoms with Crippen LogP contribution >= 0.6 is 22.6 Å². The van der Waals surface area contributed by atoms with Crippen molar-refractivity contribution < 1.29 is 9.21 Å². The second-order valence-electron chi connectivity index (χ2n) is 5.96. The molecule has 1 aromatic carbocycles. The maximum absolute atomic E-state index is 11.9. The minimum Gasteiger partial charge on any atom is -0.451 e. The number of likely N-dealkylation sites (tertiary alicyclic amines) is 1. The Morgan fingerprint density at radius 3 is 2.58 bits per heavy atom. The van der Waals surface area contributed by atoms with Gasteiger partial charge in [-0.3, -0.25) is 4.79 Å². The largest absolute Gasteiger partial charge is 0.451 e. The van der Waals surface area contributed by atoms with Crippen molar-refractivity contribution in [1.82, 2.24) is 4.90 Å². The SMILES string of the molecule is O=C(C=Cc1ccc(I)o1)Nc1ccc(CCN2CCCC2)cc1. The van der Waals surface area contributed by atoms with Gasteiger partial charge in [0.15, 0.2) is 3.77 Å². The zero-order valence-corrected chi connectivity index (χ0v) is 15.7. The highest BCUT2D eigenvalue weighted by molar-refractivity contribution is 14.1. The number of benzene rings is 1. The number of nitrogens with zero attached hydrogens (tertiary/aromatic N) is 1. The Balaban J connectivity index is 1.48. The molecule has 0 radical (unpaired) electrons. The Bertz CT molecular complexity index is 700. The molecule has 0 unspecified atom stereocenters. The molecule has 5 heteroatoms. The number of rotatable bonds is 6. The topological polar surface area (TPSA) is 45.5 Å². The van der Waals surface area contributed by atoms with Crippen molar-refractivity contribution in [2.45, 2.75) is 19.3 Å². The summed E-state index contributed by atoms with van der Waals surface area (Å²) in [5.41, 5.74) is 2.11. The number of carbonyl (C=O) groups excluding carboxylic acids is 1. The first-order valence-corrected chi connectivity index (χ1v) is 9.33. The van der Waals surface area contributed by atoms with Crippen LogP contribution in [0.4, 0.5) is 5.69 Å². The molecule has 0 aliphatic carbocycles. The highest BCUT2D eigenvalue weighted by Gasteiger charge is 2.10. The van der Waals surface area contributed by atoms with Crippen LogP contribution in [0.2, 0.25) is 0 Å². The second-order valence-corrected chi connectivity index (χ2v) is 7.02. The fraction of sp³-hybridized carbons (Fsp3) is 0.316. The van der Waals surface area contributed by atoms with E-state index < -0.39 is 0 Å². The van der Waals surface area contributed by atoms with Gasteiger partial charge in [-0.05, 0) is 90.8 Å². The lowest BCUT2D eigenvalue weighted by atomic mass is 10.1. The number of carbonyl (C=O) groups is 1. The van der Waals surface area contributed by atoms with E-state index in [0.717, 1.165) is 22.4 Å². The first-order valence-electron chi connectivity index (χ1n) is 8.25. The van der Waals surface area contributed by atoms with E-state index in [1.54, 1.807) is 6.08 Å². The molecule has 1 aromatic heterocycles. The van der Waals surface area contributed by atoms with E-state index in [2.05, 4.69) is 44.9 Å². The van der Waals surface area contributed by atoms with Crippen molar-refractivity contribution in [2.75, 3.05) is 25.0 Å².